The fourth-order valence-electron chi connectivity index (χ4n) is 4.31. The molecule has 3 rings (SSSR count). The van der Waals surface area contributed by atoms with E-state index in [-0.39, 0.29) is 23.3 Å². The summed E-state index contributed by atoms with van der Waals surface area (Å²) in [7, 11) is 0. The third kappa shape index (κ3) is 4.82. The smallest absolute Gasteiger partial charge is 0.234 e. The predicted molar refractivity (Wildman–Crippen MR) is 96.1 cm³/mol. The van der Waals surface area contributed by atoms with Gasteiger partial charge in [0, 0.05) is 32.7 Å². The number of ether oxygens (including phenoxy) is 1. The molecular weight excluding hydrogens is 318 g/mol. The zero-order chi connectivity index (χ0) is 17.7. The van der Waals surface area contributed by atoms with Crippen molar-refractivity contribution in [2.24, 2.45) is 5.41 Å². The van der Waals surface area contributed by atoms with Crippen molar-refractivity contribution in [2.75, 3.05) is 45.9 Å². The molecule has 0 aromatic heterocycles. The average Bonchev–Trinajstić information content (AvgIpc) is 3.13. The predicted octanol–water partition coefficient (Wildman–Crippen LogP) is 1.17. The Morgan fingerprint density at radius 1 is 1.36 bits per heavy atom. The number of likely N-dealkylation sites (tertiary alicyclic amines) is 2. The summed E-state index contributed by atoms with van der Waals surface area (Å²) in [5.41, 5.74) is 0.238. The first-order chi connectivity index (χ1) is 12.1. The highest BCUT2D eigenvalue weighted by Crippen LogP contribution is 2.40. The third-order valence-corrected chi connectivity index (χ3v) is 5.93. The van der Waals surface area contributed by atoms with E-state index in [1.165, 1.54) is 0 Å². The standard InChI is InChI=1S/C19H31N3O3/c1-2-9-22-15-19(6-5-18(22)24)7-10-21(11-8-19)14-17(23)20-13-16-4-3-12-25-16/h2,16H,1,3-15H2,(H,20,23)/t16-/m1/s1. The molecule has 6 nitrogen and oxygen atoms in total. The lowest BCUT2D eigenvalue weighted by Gasteiger charge is -2.47. The zero-order valence-electron chi connectivity index (χ0n) is 15.2. The maximum atomic E-state index is 12.1. The molecule has 2 amide bonds. The molecule has 1 atom stereocenters. The van der Waals surface area contributed by atoms with Crippen molar-refractivity contribution in [3.05, 3.63) is 12.7 Å². The van der Waals surface area contributed by atoms with Gasteiger partial charge >= 0.3 is 0 Å². The largest absolute Gasteiger partial charge is 0.376 e. The molecule has 1 N–H and O–H groups in total. The number of amides is 2. The van der Waals surface area contributed by atoms with Gasteiger partial charge in [-0.05, 0) is 50.6 Å². The van der Waals surface area contributed by atoms with Gasteiger partial charge in [-0.2, -0.15) is 0 Å². The van der Waals surface area contributed by atoms with Crippen LogP contribution in [0, 0.1) is 5.41 Å². The third-order valence-electron chi connectivity index (χ3n) is 5.93. The molecular formula is C19H31N3O3. The highest BCUT2D eigenvalue weighted by atomic mass is 16.5. The van der Waals surface area contributed by atoms with Crippen molar-refractivity contribution in [3.63, 3.8) is 0 Å². The fraction of sp³-hybridized carbons (Fsp3) is 0.789. The SMILES string of the molecule is C=CCN1CC2(CCC1=O)CCN(CC(=O)NC[C@H]1CCCO1)CC2. The first-order valence-electron chi connectivity index (χ1n) is 9.60. The van der Waals surface area contributed by atoms with Gasteiger partial charge in [0.15, 0.2) is 0 Å². The van der Waals surface area contributed by atoms with Crippen LogP contribution in [0.3, 0.4) is 0 Å². The molecule has 3 fully saturated rings. The van der Waals surface area contributed by atoms with E-state index in [2.05, 4.69) is 16.8 Å². The van der Waals surface area contributed by atoms with Crippen molar-refractivity contribution in [1.82, 2.24) is 15.1 Å². The van der Waals surface area contributed by atoms with E-state index < -0.39 is 0 Å². The Hall–Kier alpha value is -1.40. The summed E-state index contributed by atoms with van der Waals surface area (Å²) in [5.74, 6) is 0.347. The summed E-state index contributed by atoms with van der Waals surface area (Å²) in [6.07, 6.45) is 7.91. The monoisotopic (exact) mass is 349 g/mol. The molecule has 3 aliphatic rings. The van der Waals surface area contributed by atoms with Gasteiger partial charge in [-0.15, -0.1) is 6.58 Å². The summed E-state index contributed by atoms with van der Waals surface area (Å²) < 4.78 is 5.54. The van der Waals surface area contributed by atoms with E-state index in [9.17, 15) is 9.59 Å². The number of carbonyl (C=O) groups excluding carboxylic acids is 2. The lowest BCUT2D eigenvalue weighted by molar-refractivity contribution is -0.138. The van der Waals surface area contributed by atoms with E-state index in [0.717, 1.165) is 58.3 Å². The van der Waals surface area contributed by atoms with Gasteiger partial charge in [0.05, 0.1) is 12.6 Å². The van der Waals surface area contributed by atoms with E-state index in [1.807, 2.05) is 11.0 Å². The Balaban J connectivity index is 1.41. The molecule has 1 spiro atoms. The van der Waals surface area contributed by atoms with Crippen LogP contribution in [0.25, 0.3) is 0 Å². The van der Waals surface area contributed by atoms with Gasteiger partial charge in [0.1, 0.15) is 0 Å². The second-order valence-electron chi connectivity index (χ2n) is 7.78. The minimum atomic E-state index is 0.0959. The Morgan fingerprint density at radius 3 is 2.84 bits per heavy atom. The van der Waals surface area contributed by atoms with Crippen molar-refractivity contribution in [3.8, 4) is 0 Å². The molecule has 25 heavy (non-hydrogen) atoms. The highest BCUT2D eigenvalue weighted by Gasteiger charge is 2.40. The molecule has 0 radical (unpaired) electrons. The van der Waals surface area contributed by atoms with Crippen LogP contribution in [0.5, 0.6) is 0 Å². The van der Waals surface area contributed by atoms with Crippen LogP contribution in [-0.2, 0) is 14.3 Å². The molecule has 3 heterocycles. The lowest BCUT2D eigenvalue weighted by atomic mass is 9.72. The minimum Gasteiger partial charge on any atom is -0.376 e. The lowest BCUT2D eigenvalue weighted by Crippen LogP contribution is -2.52. The Morgan fingerprint density at radius 2 is 2.16 bits per heavy atom. The Bertz CT molecular complexity index is 494. The first-order valence-corrected chi connectivity index (χ1v) is 9.60. The van der Waals surface area contributed by atoms with Crippen LogP contribution < -0.4 is 5.32 Å². The molecule has 0 bridgehead atoms. The minimum absolute atomic E-state index is 0.0959. The van der Waals surface area contributed by atoms with Crippen LogP contribution in [0.1, 0.15) is 38.5 Å². The van der Waals surface area contributed by atoms with Gasteiger partial charge in [0.2, 0.25) is 11.8 Å². The maximum Gasteiger partial charge on any atom is 0.234 e. The molecule has 0 aromatic carbocycles. The summed E-state index contributed by atoms with van der Waals surface area (Å²) in [4.78, 5) is 28.3. The van der Waals surface area contributed by atoms with Gasteiger partial charge in [0.25, 0.3) is 0 Å². The van der Waals surface area contributed by atoms with Crippen molar-refractivity contribution >= 4 is 11.8 Å². The molecule has 6 heteroatoms. The quantitative estimate of drug-likeness (QED) is 0.732. The molecule has 0 aromatic rings. The van der Waals surface area contributed by atoms with Gasteiger partial charge in [-0.25, -0.2) is 0 Å². The van der Waals surface area contributed by atoms with Gasteiger partial charge < -0.3 is 15.0 Å². The molecule has 140 valence electrons. The summed E-state index contributed by atoms with van der Waals surface area (Å²) >= 11 is 0. The summed E-state index contributed by atoms with van der Waals surface area (Å²) in [6.45, 7) is 9.04. The summed E-state index contributed by atoms with van der Waals surface area (Å²) in [5, 5.41) is 3.00. The first kappa shape index (κ1) is 18.4. The number of nitrogens with one attached hydrogen (secondary N) is 1. The number of rotatable bonds is 6. The molecule has 3 saturated heterocycles. The second-order valence-corrected chi connectivity index (χ2v) is 7.78. The fourth-order valence-corrected chi connectivity index (χ4v) is 4.31. The van der Waals surface area contributed by atoms with Crippen LogP contribution >= 0.6 is 0 Å². The molecule has 0 unspecified atom stereocenters. The molecule has 0 saturated carbocycles. The van der Waals surface area contributed by atoms with E-state index in [1.54, 1.807) is 0 Å². The number of hydrogen-bond acceptors (Lipinski definition) is 4. The topological polar surface area (TPSA) is 61.9 Å². The summed E-state index contributed by atoms with van der Waals surface area (Å²) in [6, 6.07) is 0. The maximum absolute atomic E-state index is 12.1. The second kappa shape index (κ2) is 8.32. The number of carbonyl (C=O) groups is 2. The van der Waals surface area contributed by atoms with Crippen LogP contribution in [0.2, 0.25) is 0 Å². The normalized spacial score (nSPS) is 26.8. The average molecular weight is 349 g/mol. The Labute approximate surface area is 150 Å². The number of piperidine rings is 2. The molecule has 0 aliphatic carbocycles. The molecule has 3 aliphatic heterocycles. The van der Waals surface area contributed by atoms with E-state index >= 15 is 0 Å². The van der Waals surface area contributed by atoms with Crippen molar-refractivity contribution in [2.45, 2.75) is 44.6 Å². The van der Waals surface area contributed by atoms with Crippen LogP contribution in [-0.4, -0.2) is 73.6 Å². The van der Waals surface area contributed by atoms with Crippen LogP contribution in [0.15, 0.2) is 12.7 Å². The van der Waals surface area contributed by atoms with E-state index in [4.69, 9.17) is 4.74 Å². The van der Waals surface area contributed by atoms with Crippen molar-refractivity contribution in [1.29, 1.82) is 0 Å². The number of nitrogens with zero attached hydrogens (tertiary/aromatic N) is 2. The number of hydrogen-bond donors (Lipinski definition) is 1. The highest BCUT2D eigenvalue weighted by molar-refractivity contribution is 5.78. The Kier molecular flexibility index (Phi) is 6.12. The van der Waals surface area contributed by atoms with Gasteiger partial charge in [-0.3, -0.25) is 14.5 Å². The zero-order valence-corrected chi connectivity index (χ0v) is 15.2. The van der Waals surface area contributed by atoms with E-state index in [0.29, 0.717) is 26.1 Å². The van der Waals surface area contributed by atoms with Gasteiger partial charge in [-0.1, -0.05) is 6.08 Å². The van der Waals surface area contributed by atoms with Crippen molar-refractivity contribution < 1.29 is 14.3 Å². The van der Waals surface area contributed by atoms with Crippen LogP contribution in [0.4, 0.5) is 0 Å².